The van der Waals surface area contributed by atoms with Crippen molar-refractivity contribution in [2.24, 2.45) is 0 Å². The van der Waals surface area contributed by atoms with Crippen LogP contribution < -0.4 is 0 Å². The number of allylic oxidation sites excluding steroid dienone is 4. The van der Waals surface area contributed by atoms with E-state index in [4.69, 9.17) is 0 Å². The maximum atomic E-state index is 12.5. The van der Waals surface area contributed by atoms with Crippen LogP contribution in [0.5, 0.6) is 0 Å². The van der Waals surface area contributed by atoms with Gasteiger partial charge in [0.2, 0.25) is 0 Å². The van der Waals surface area contributed by atoms with Crippen molar-refractivity contribution in [1.82, 2.24) is 0 Å². The second-order valence-corrected chi connectivity index (χ2v) is 12.6. The van der Waals surface area contributed by atoms with Crippen molar-refractivity contribution >= 4 is 13.3 Å². The summed E-state index contributed by atoms with van der Waals surface area (Å²) < 4.78 is 38.0. The average Bonchev–Trinajstić information content (AvgIpc) is 2.34. The fourth-order valence-electron chi connectivity index (χ4n) is 1.09. The van der Waals surface area contributed by atoms with Gasteiger partial charge in [-0.25, -0.2) is 0 Å². The van der Waals surface area contributed by atoms with Gasteiger partial charge in [-0.15, -0.1) is 0 Å². The van der Waals surface area contributed by atoms with Crippen molar-refractivity contribution in [3.8, 4) is 0 Å². The molecule has 0 nitrogen and oxygen atoms in total. The monoisotopic (exact) mass is 238 g/mol. The van der Waals surface area contributed by atoms with Crippen LogP contribution in [0.4, 0.5) is 13.2 Å². The summed E-state index contributed by atoms with van der Waals surface area (Å²) in [7, 11) is 0. The first-order valence-electron chi connectivity index (χ1n) is 3.79. The zero-order valence-electron chi connectivity index (χ0n) is 7.07. The van der Waals surface area contributed by atoms with Crippen molar-refractivity contribution in [1.29, 1.82) is 0 Å². The second kappa shape index (κ2) is 2.94. The molecule has 0 N–H and O–H groups in total. The van der Waals surface area contributed by atoms with E-state index >= 15 is 0 Å². The van der Waals surface area contributed by atoms with Crippen LogP contribution >= 0.6 is 0 Å². The molecule has 4 heteroatoms. The first-order valence-corrected chi connectivity index (χ1v) is 10.1. The third-order valence-electron chi connectivity index (χ3n) is 2.20. The fourth-order valence-corrected chi connectivity index (χ4v) is 4.21. The molecule has 0 bridgehead atoms. The molecule has 0 saturated carbocycles. The van der Waals surface area contributed by atoms with E-state index in [1.807, 2.05) is 0 Å². The predicted molar refractivity (Wildman–Crippen MR) is 45.4 cm³/mol. The van der Waals surface area contributed by atoms with Crippen LogP contribution in [0.1, 0.15) is 6.42 Å². The van der Waals surface area contributed by atoms with Crippen molar-refractivity contribution in [3.05, 3.63) is 22.6 Å². The Balaban J connectivity index is 2.92. The molecule has 0 amide bonds. The quantitative estimate of drug-likeness (QED) is 0.614. The van der Waals surface area contributed by atoms with Gasteiger partial charge in [-0.2, -0.15) is 0 Å². The topological polar surface area (TPSA) is 0 Å². The van der Waals surface area contributed by atoms with Crippen LogP contribution in [0.25, 0.3) is 0 Å². The standard InChI is InChI=1S/C8H11F3Ge/c1-12(2,8(9,10)11)7-5-3-4-6-7/h3,5-6H,4H2,1-2H3. The van der Waals surface area contributed by atoms with E-state index in [1.165, 1.54) is 11.5 Å². The van der Waals surface area contributed by atoms with E-state index in [1.54, 1.807) is 18.2 Å². The van der Waals surface area contributed by atoms with E-state index in [0.29, 0.717) is 10.8 Å². The van der Waals surface area contributed by atoms with Crippen LogP contribution in [0.2, 0.25) is 11.5 Å². The van der Waals surface area contributed by atoms with Crippen LogP contribution in [0.15, 0.2) is 22.6 Å². The Bertz CT molecular complexity index is 235. The van der Waals surface area contributed by atoms with E-state index < -0.39 is 18.3 Å². The molecule has 0 unspecified atom stereocenters. The maximum absolute atomic E-state index is 12.5. The molecule has 0 radical (unpaired) electrons. The summed E-state index contributed by atoms with van der Waals surface area (Å²) in [5.74, 6) is 2.78. The summed E-state index contributed by atoms with van der Waals surface area (Å²) in [4.78, 5) is 0. The minimum atomic E-state index is -3.97. The van der Waals surface area contributed by atoms with Crippen molar-refractivity contribution in [2.45, 2.75) is 22.9 Å². The molecular weight excluding hydrogens is 226 g/mol. The van der Waals surface area contributed by atoms with Gasteiger partial charge in [0.25, 0.3) is 0 Å². The molecule has 0 spiro atoms. The van der Waals surface area contributed by atoms with Gasteiger partial charge in [-0.05, 0) is 0 Å². The molecule has 0 atom stereocenters. The molecule has 0 aromatic rings. The van der Waals surface area contributed by atoms with Gasteiger partial charge in [0, 0.05) is 0 Å². The van der Waals surface area contributed by atoms with Crippen LogP contribution in [-0.4, -0.2) is 18.3 Å². The summed E-state index contributed by atoms with van der Waals surface area (Å²) in [6, 6.07) is 0. The Morgan fingerprint density at radius 1 is 1.33 bits per heavy atom. The molecule has 0 aromatic carbocycles. The van der Waals surface area contributed by atoms with E-state index in [9.17, 15) is 13.2 Å². The van der Waals surface area contributed by atoms with E-state index in [-0.39, 0.29) is 0 Å². The normalized spacial score (nSPS) is 18.2. The molecule has 12 heavy (non-hydrogen) atoms. The Labute approximate surface area is 72.5 Å². The fraction of sp³-hybridized carbons (Fsp3) is 0.500. The molecule has 0 aromatic heterocycles. The summed E-state index contributed by atoms with van der Waals surface area (Å²) >= 11 is -3.72. The van der Waals surface area contributed by atoms with Crippen LogP contribution in [-0.2, 0) is 0 Å². The van der Waals surface area contributed by atoms with Gasteiger partial charge >= 0.3 is 72.0 Å². The van der Waals surface area contributed by atoms with Gasteiger partial charge in [-0.1, -0.05) is 0 Å². The van der Waals surface area contributed by atoms with Crippen LogP contribution in [0.3, 0.4) is 0 Å². The van der Waals surface area contributed by atoms with Crippen molar-refractivity contribution in [2.75, 3.05) is 0 Å². The third-order valence-corrected chi connectivity index (χ3v) is 8.98. The molecule has 1 aliphatic carbocycles. The van der Waals surface area contributed by atoms with Crippen LogP contribution in [0, 0.1) is 0 Å². The molecule has 0 aliphatic heterocycles. The van der Waals surface area contributed by atoms with Gasteiger partial charge in [0.05, 0.1) is 0 Å². The summed E-state index contributed by atoms with van der Waals surface area (Å²) in [5, 5.41) is -3.97. The number of hydrogen-bond acceptors (Lipinski definition) is 0. The first kappa shape index (κ1) is 9.90. The zero-order chi connectivity index (χ0) is 9.41. The first-order chi connectivity index (χ1) is 5.36. The molecule has 0 heterocycles. The average molecular weight is 237 g/mol. The number of alkyl halides is 3. The minimum absolute atomic E-state index is 0.558. The Morgan fingerprint density at radius 2 is 1.92 bits per heavy atom. The van der Waals surface area contributed by atoms with E-state index in [0.717, 1.165) is 0 Å². The SMILES string of the molecule is [CH3][Ge]([CH3])([C]1=CCC=C1)[C](F)(F)F. The molecular formula is C8H11F3Ge. The molecule has 1 aliphatic rings. The van der Waals surface area contributed by atoms with Gasteiger partial charge in [-0.3, -0.25) is 0 Å². The van der Waals surface area contributed by atoms with Crippen molar-refractivity contribution in [3.63, 3.8) is 0 Å². The molecule has 1 rings (SSSR count). The third kappa shape index (κ3) is 1.60. The van der Waals surface area contributed by atoms with Gasteiger partial charge in [0.1, 0.15) is 0 Å². The summed E-state index contributed by atoms with van der Waals surface area (Å²) in [5.41, 5.74) is 0. The molecule has 0 fully saturated rings. The number of hydrogen-bond donors (Lipinski definition) is 0. The number of halogens is 3. The summed E-state index contributed by atoms with van der Waals surface area (Å²) in [6.07, 6.45) is 5.79. The van der Waals surface area contributed by atoms with Gasteiger partial charge in [0.15, 0.2) is 0 Å². The Kier molecular flexibility index (Phi) is 2.43. The molecule has 0 saturated heterocycles. The Hall–Kier alpha value is -0.187. The van der Waals surface area contributed by atoms with Gasteiger partial charge < -0.3 is 0 Å². The molecule has 68 valence electrons. The number of rotatable bonds is 1. The second-order valence-electron chi connectivity index (χ2n) is 3.42. The predicted octanol–water partition coefficient (Wildman–Crippen LogP) is 3.22. The van der Waals surface area contributed by atoms with Crippen molar-refractivity contribution < 1.29 is 13.2 Å². The van der Waals surface area contributed by atoms with E-state index in [2.05, 4.69) is 0 Å². The summed E-state index contributed by atoms with van der Waals surface area (Å²) in [6.45, 7) is 0. The Morgan fingerprint density at radius 3 is 2.25 bits per heavy atom. The zero-order valence-corrected chi connectivity index (χ0v) is 9.17.